The van der Waals surface area contributed by atoms with Crippen LogP contribution in [-0.2, 0) is 4.79 Å². The molecule has 0 aromatic heterocycles. The lowest BCUT2D eigenvalue weighted by atomic mass is 10.2. The summed E-state index contributed by atoms with van der Waals surface area (Å²) in [5, 5.41) is 16.0. The number of nitrogens with zero attached hydrogens (tertiary/aromatic N) is 1. The minimum Gasteiger partial charge on any atom is -0.435 e. The first-order chi connectivity index (χ1) is 11.4. The fraction of sp³-hybridized carbons (Fsp3) is 0.133. The molecule has 7 nitrogen and oxygen atoms in total. The van der Waals surface area contributed by atoms with Crippen LogP contribution in [0.3, 0.4) is 0 Å². The Morgan fingerprint density at radius 3 is 2.50 bits per heavy atom. The number of hydrogen-bond donors (Lipinski definition) is 2. The number of nitro groups is 1. The lowest BCUT2D eigenvalue weighted by Crippen LogP contribution is -2.21. The van der Waals surface area contributed by atoms with Crippen molar-refractivity contribution in [1.82, 2.24) is 0 Å². The van der Waals surface area contributed by atoms with Crippen molar-refractivity contribution in [1.29, 1.82) is 0 Å². The predicted octanol–water partition coefficient (Wildman–Crippen LogP) is 3.25. The Balaban J connectivity index is 1.87. The van der Waals surface area contributed by atoms with Crippen molar-refractivity contribution < 1.29 is 23.2 Å². The summed E-state index contributed by atoms with van der Waals surface area (Å²) in [6.45, 7) is -3.03. The molecule has 24 heavy (non-hydrogen) atoms. The van der Waals surface area contributed by atoms with Gasteiger partial charge >= 0.3 is 6.61 Å². The third-order valence-electron chi connectivity index (χ3n) is 2.87. The zero-order valence-electron chi connectivity index (χ0n) is 12.2. The van der Waals surface area contributed by atoms with E-state index in [1.54, 1.807) is 6.07 Å². The van der Waals surface area contributed by atoms with E-state index in [4.69, 9.17) is 0 Å². The average molecular weight is 337 g/mol. The van der Waals surface area contributed by atoms with Gasteiger partial charge in [-0.1, -0.05) is 6.07 Å². The lowest BCUT2D eigenvalue weighted by Gasteiger charge is -2.09. The minimum atomic E-state index is -2.91. The fourth-order valence-corrected chi connectivity index (χ4v) is 1.84. The molecule has 0 saturated heterocycles. The van der Waals surface area contributed by atoms with Crippen LogP contribution in [-0.4, -0.2) is 24.0 Å². The fourth-order valence-electron chi connectivity index (χ4n) is 1.84. The van der Waals surface area contributed by atoms with E-state index in [1.165, 1.54) is 42.5 Å². The van der Waals surface area contributed by atoms with E-state index in [-0.39, 0.29) is 18.0 Å². The second-order valence-electron chi connectivity index (χ2n) is 4.61. The van der Waals surface area contributed by atoms with E-state index in [2.05, 4.69) is 15.4 Å². The molecule has 0 spiro atoms. The summed E-state index contributed by atoms with van der Waals surface area (Å²) < 4.78 is 28.3. The number of hydrogen-bond acceptors (Lipinski definition) is 5. The van der Waals surface area contributed by atoms with E-state index in [1.807, 2.05) is 0 Å². The maximum absolute atomic E-state index is 12.0. The van der Waals surface area contributed by atoms with Crippen molar-refractivity contribution in [3.05, 3.63) is 58.6 Å². The monoisotopic (exact) mass is 337 g/mol. The third kappa shape index (κ3) is 5.20. The molecule has 2 rings (SSSR count). The molecular formula is C15H13F2N3O4. The van der Waals surface area contributed by atoms with Crippen molar-refractivity contribution in [2.45, 2.75) is 6.61 Å². The van der Waals surface area contributed by atoms with Crippen LogP contribution in [0.1, 0.15) is 0 Å². The van der Waals surface area contributed by atoms with E-state index >= 15 is 0 Å². The Labute approximate surface area is 135 Å². The normalized spacial score (nSPS) is 10.3. The van der Waals surface area contributed by atoms with Crippen LogP contribution < -0.4 is 15.4 Å². The average Bonchev–Trinajstić information content (AvgIpc) is 2.54. The van der Waals surface area contributed by atoms with Crippen molar-refractivity contribution in [2.24, 2.45) is 0 Å². The van der Waals surface area contributed by atoms with Gasteiger partial charge in [0, 0.05) is 23.5 Å². The molecule has 0 atom stereocenters. The predicted molar refractivity (Wildman–Crippen MR) is 83.3 cm³/mol. The molecule has 0 bridgehead atoms. The first-order valence-electron chi connectivity index (χ1n) is 6.77. The molecule has 2 N–H and O–H groups in total. The summed E-state index contributed by atoms with van der Waals surface area (Å²) in [5.41, 5.74) is 0.748. The Hall–Kier alpha value is -3.23. The van der Waals surface area contributed by atoms with Gasteiger partial charge in [0.2, 0.25) is 5.91 Å². The maximum Gasteiger partial charge on any atom is 0.387 e. The Bertz CT molecular complexity index is 723. The van der Waals surface area contributed by atoms with Gasteiger partial charge in [0.1, 0.15) is 5.75 Å². The van der Waals surface area contributed by atoms with Crippen LogP contribution in [0, 0.1) is 10.1 Å². The number of nitrogens with one attached hydrogen (secondary N) is 2. The largest absolute Gasteiger partial charge is 0.435 e. The number of benzene rings is 2. The number of alkyl halides is 2. The molecule has 2 aromatic carbocycles. The molecule has 0 saturated carbocycles. The zero-order chi connectivity index (χ0) is 17.5. The van der Waals surface area contributed by atoms with Crippen LogP contribution in [0.25, 0.3) is 0 Å². The number of nitro benzene ring substituents is 1. The summed E-state index contributed by atoms with van der Waals surface area (Å²) in [5.74, 6) is -0.415. The van der Waals surface area contributed by atoms with Gasteiger partial charge < -0.3 is 15.4 Å². The van der Waals surface area contributed by atoms with Crippen molar-refractivity contribution >= 4 is 23.0 Å². The molecule has 0 fully saturated rings. The summed E-state index contributed by atoms with van der Waals surface area (Å²) in [6.07, 6.45) is 0. The standard InChI is InChI=1S/C15H13F2N3O4/c16-15(17)24-13-6-4-10(5-7-13)19-14(21)9-18-11-2-1-3-12(8-11)20(22)23/h1-8,15,18H,9H2,(H,19,21). The summed E-state index contributed by atoms with van der Waals surface area (Å²) in [6, 6.07) is 11.2. The number of rotatable bonds is 7. The second kappa shape index (κ2) is 7.86. The number of non-ortho nitro benzene ring substituents is 1. The number of carbonyl (C=O) groups excluding carboxylic acids is 1. The van der Waals surface area contributed by atoms with E-state index < -0.39 is 17.4 Å². The molecule has 0 unspecified atom stereocenters. The molecule has 2 aromatic rings. The molecular weight excluding hydrogens is 324 g/mol. The highest BCUT2D eigenvalue weighted by Gasteiger charge is 2.08. The third-order valence-corrected chi connectivity index (χ3v) is 2.87. The summed E-state index contributed by atoms with van der Waals surface area (Å²) in [7, 11) is 0. The van der Waals surface area contributed by atoms with Crippen LogP contribution in [0.4, 0.5) is 25.8 Å². The quantitative estimate of drug-likeness (QED) is 0.597. The highest BCUT2D eigenvalue weighted by atomic mass is 19.3. The Morgan fingerprint density at radius 2 is 1.88 bits per heavy atom. The van der Waals surface area contributed by atoms with E-state index in [9.17, 15) is 23.7 Å². The van der Waals surface area contributed by atoms with Gasteiger partial charge in [-0.25, -0.2) is 0 Å². The van der Waals surface area contributed by atoms with Gasteiger partial charge in [-0.3, -0.25) is 14.9 Å². The molecule has 0 aliphatic rings. The number of carbonyl (C=O) groups is 1. The highest BCUT2D eigenvalue weighted by molar-refractivity contribution is 5.93. The Morgan fingerprint density at radius 1 is 1.17 bits per heavy atom. The Kier molecular flexibility index (Phi) is 5.61. The van der Waals surface area contributed by atoms with Gasteiger partial charge in [-0.05, 0) is 30.3 Å². The topological polar surface area (TPSA) is 93.5 Å². The number of halogens is 2. The number of amides is 1. The molecule has 0 aliphatic carbocycles. The van der Waals surface area contributed by atoms with Crippen molar-refractivity contribution in [3.8, 4) is 5.75 Å². The van der Waals surface area contributed by atoms with Gasteiger partial charge in [-0.15, -0.1) is 0 Å². The lowest BCUT2D eigenvalue weighted by molar-refractivity contribution is -0.384. The van der Waals surface area contributed by atoms with Crippen molar-refractivity contribution in [3.63, 3.8) is 0 Å². The van der Waals surface area contributed by atoms with Gasteiger partial charge in [0.25, 0.3) is 5.69 Å². The van der Waals surface area contributed by atoms with Crippen LogP contribution in [0.5, 0.6) is 5.75 Å². The SMILES string of the molecule is O=C(CNc1cccc([N+](=O)[O-])c1)Nc1ccc(OC(F)F)cc1. The van der Waals surface area contributed by atoms with Gasteiger partial charge in [0.05, 0.1) is 11.5 Å². The van der Waals surface area contributed by atoms with E-state index in [0.29, 0.717) is 11.4 Å². The summed E-state index contributed by atoms with van der Waals surface area (Å²) in [4.78, 5) is 21.9. The molecule has 126 valence electrons. The molecule has 9 heteroatoms. The molecule has 0 aliphatic heterocycles. The first-order valence-corrected chi connectivity index (χ1v) is 6.77. The van der Waals surface area contributed by atoms with Crippen LogP contribution >= 0.6 is 0 Å². The van der Waals surface area contributed by atoms with Gasteiger partial charge in [0.15, 0.2) is 0 Å². The molecule has 0 radical (unpaired) electrons. The maximum atomic E-state index is 12.0. The molecule has 1 amide bonds. The molecule has 0 heterocycles. The summed E-state index contributed by atoms with van der Waals surface area (Å²) >= 11 is 0. The van der Waals surface area contributed by atoms with E-state index in [0.717, 1.165) is 0 Å². The zero-order valence-corrected chi connectivity index (χ0v) is 12.2. The first kappa shape index (κ1) is 17.1. The van der Waals surface area contributed by atoms with Crippen LogP contribution in [0.2, 0.25) is 0 Å². The highest BCUT2D eigenvalue weighted by Crippen LogP contribution is 2.18. The van der Waals surface area contributed by atoms with Crippen LogP contribution in [0.15, 0.2) is 48.5 Å². The van der Waals surface area contributed by atoms with Gasteiger partial charge in [-0.2, -0.15) is 8.78 Å². The smallest absolute Gasteiger partial charge is 0.387 e. The minimum absolute atomic E-state index is 0.0160. The number of anilines is 2. The van der Waals surface area contributed by atoms with Crippen molar-refractivity contribution in [2.75, 3.05) is 17.2 Å². The second-order valence-corrected chi connectivity index (χ2v) is 4.61. The number of ether oxygens (including phenoxy) is 1.